The number of hydrogen-bond acceptors (Lipinski definition) is 3. The maximum absolute atomic E-state index is 14.5. The third kappa shape index (κ3) is 3.63. The first-order valence-corrected chi connectivity index (χ1v) is 10.1. The predicted molar refractivity (Wildman–Crippen MR) is 104 cm³/mol. The van der Waals surface area contributed by atoms with E-state index in [1.54, 1.807) is 29.8 Å². The van der Waals surface area contributed by atoms with Crippen molar-refractivity contribution in [3.8, 4) is 11.3 Å². The van der Waals surface area contributed by atoms with Gasteiger partial charge in [-0.15, -0.1) is 11.3 Å². The van der Waals surface area contributed by atoms with Crippen LogP contribution in [0.1, 0.15) is 44.6 Å². The fraction of sp³-hybridized carbons (Fsp3) is 0.333. The van der Waals surface area contributed by atoms with Gasteiger partial charge in [0.05, 0.1) is 17.6 Å². The highest BCUT2D eigenvalue weighted by Crippen LogP contribution is 2.32. The summed E-state index contributed by atoms with van der Waals surface area (Å²) in [4.78, 5) is 9.90. The minimum Gasteiger partial charge on any atom is -0.313 e. The van der Waals surface area contributed by atoms with Crippen molar-refractivity contribution in [2.45, 2.75) is 44.6 Å². The molecule has 0 N–H and O–H groups in total. The molecule has 0 radical (unpaired) electrons. The van der Waals surface area contributed by atoms with E-state index in [1.165, 1.54) is 31.7 Å². The molecule has 4 rings (SSSR count). The number of hydrogen-bond donors (Lipinski definition) is 0. The summed E-state index contributed by atoms with van der Waals surface area (Å²) in [6.07, 6.45) is 10.8. The van der Waals surface area contributed by atoms with Crippen LogP contribution in [0.25, 0.3) is 11.3 Å². The molecule has 1 aliphatic carbocycles. The first-order chi connectivity index (χ1) is 12.8. The highest BCUT2D eigenvalue weighted by molar-refractivity contribution is 7.07. The van der Waals surface area contributed by atoms with E-state index in [4.69, 9.17) is 4.99 Å². The fourth-order valence-electron chi connectivity index (χ4n) is 3.67. The Kier molecular flexibility index (Phi) is 5.25. The average molecular weight is 367 g/mol. The standard InChI is InChI=1S/C21H22FN3S/c22-19-12-6-5-11-18(19)20-15-26-21(24-16-8-7-13-23-14-16)25(20)17-9-3-1-2-4-10-17/h5-8,11-15,17H,1-4,9-10H2. The summed E-state index contributed by atoms with van der Waals surface area (Å²) >= 11 is 1.58. The summed E-state index contributed by atoms with van der Waals surface area (Å²) in [6, 6.07) is 11.2. The molecule has 0 aliphatic heterocycles. The molecule has 0 spiro atoms. The zero-order valence-electron chi connectivity index (χ0n) is 14.6. The van der Waals surface area contributed by atoms with Gasteiger partial charge in [0.25, 0.3) is 0 Å². The Bertz CT molecular complexity index is 922. The van der Waals surface area contributed by atoms with Gasteiger partial charge in [-0.05, 0) is 37.1 Å². The summed E-state index contributed by atoms with van der Waals surface area (Å²) in [5.74, 6) is -0.180. The van der Waals surface area contributed by atoms with Crippen molar-refractivity contribution in [1.82, 2.24) is 9.55 Å². The van der Waals surface area contributed by atoms with E-state index in [9.17, 15) is 4.39 Å². The fourth-order valence-corrected chi connectivity index (χ4v) is 4.64. The molecule has 1 aliphatic rings. The molecule has 26 heavy (non-hydrogen) atoms. The van der Waals surface area contributed by atoms with Crippen LogP contribution in [0.3, 0.4) is 0 Å². The smallest absolute Gasteiger partial charge is 0.190 e. The largest absolute Gasteiger partial charge is 0.313 e. The molecule has 2 heterocycles. The van der Waals surface area contributed by atoms with Gasteiger partial charge >= 0.3 is 0 Å². The van der Waals surface area contributed by atoms with E-state index in [0.29, 0.717) is 11.6 Å². The Morgan fingerprint density at radius 1 is 1.04 bits per heavy atom. The first-order valence-electron chi connectivity index (χ1n) is 9.22. The molecule has 5 heteroatoms. The van der Waals surface area contributed by atoms with Gasteiger partial charge in [0, 0.05) is 23.2 Å². The molecule has 0 saturated heterocycles. The molecule has 0 amide bonds. The molecular formula is C21H22FN3S. The third-order valence-corrected chi connectivity index (χ3v) is 5.79. The second-order valence-corrected chi connectivity index (χ2v) is 7.56. The lowest BCUT2D eigenvalue weighted by molar-refractivity contribution is 0.438. The molecule has 1 saturated carbocycles. The zero-order chi connectivity index (χ0) is 17.8. The Labute approximate surface area is 156 Å². The van der Waals surface area contributed by atoms with Crippen LogP contribution >= 0.6 is 11.3 Å². The molecule has 0 bridgehead atoms. The van der Waals surface area contributed by atoms with Crippen molar-refractivity contribution < 1.29 is 4.39 Å². The summed E-state index contributed by atoms with van der Waals surface area (Å²) in [7, 11) is 0. The Morgan fingerprint density at radius 2 is 1.85 bits per heavy atom. The van der Waals surface area contributed by atoms with Crippen LogP contribution in [0.15, 0.2) is 59.2 Å². The third-order valence-electron chi connectivity index (χ3n) is 4.95. The SMILES string of the molecule is Fc1ccccc1-c1csc(=Nc2cccnc2)n1C1CCCCCC1. The van der Waals surface area contributed by atoms with Crippen LogP contribution in [-0.2, 0) is 0 Å². The molecule has 3 aromatic rings. The normalized spacial score (nSPS) is 16.6. The molecule has 134 valence electrons. The Morgan fingerprint density at radius 3 is 2.58 bits per heavy atom. The number of pyridine rings is 1. The van der Waals surface area contributed by atoms with Gasteiger partial charge < -0.3 is 4.57 Å². The number of benzene rings is 1. The van der Waals surface area contributed by atoms with E-state index in [0.717, 1.165) is 29.0 Å². The number of nitrogens with zero attached hydrogens (tertiary/aromatic N) is 3. The van der Waals surface area contributed by atoms with E-state index in [-0.39, 0.29) is 5.82 Å². The summed E-state index contributed by atoms with van der Waals surface area (Å²) in [5.41, 5.74) is 2.42. The minimum absolute atomic E-state index is 0.180. The first kappa shape index (κ1) is 17.2. The lowest BCUT2D eigenvalue weighted by Crippen LogP contribution is -2.21. The number of rotatable bonds is 3. The minimum atomic E-state index is -0.180. The summed E-state index contributed by atoms with van der Waals surface area (Å²) in [5, 5.41) is 2.04. The predicted octanol–water partition coefficient (Wildman–Crippen LogP) is 5.88. The van der Waals surface area contributed by atoms with Crippen LogP contribution < -0.4 is 4.80 Å². The van der Waals surface area contributed by atoms with E-state index in [2.05, 4.69) is 9.55 Å². The average Bonchev–Trinajstić information content (AvgIpc) is 2.89. The van der Waals surface area contributed by atoms with Crippen molar-refractivity contribution in [1.29, 1.82) is 0 Å². The molecule has 3 nitrogen and oxygen atoms in total. The Hall–Kier alpha value is -2.27. The number of thiazole rings is 1. The van der Waals surface area contributed by atoms with Crippen LogP contribution in [-0.4, -0.2) is 9.55 Å². The van der Waals surface area contributed by atoms with Gasteiger partial charge in [0.1, 0.15) is 5.82 Å². The maximum Gasteiger partial charge on any atom is 0.190 e. The van der Waals surface area contributed by atoms with Crippen LogP contribution in [0.5, 0.6) is 0 Å². The van der Waals surface area contributed by atoms with Gasteiger partial charge in [0.15, 0.2) is 4.80 Å². The van der Waals surface area contributed by atoms with Crippen molar-refractivity contribution >= 4 is 17.0 Å². The van der Waals surface area contributed by atoms with Crippen LogP contribution in [0.4, 0.5) is 10.1 Å². The molecular weight excluding hydrogens is 345 g/mol. The van der Waals surface area contributed by atoms with Gasteiger partial charge in [0.2, 0.25) is 0 Å². The van der Waals surface area contributed by atoms with Crippen molar-refractivity contribution in [2.24, 2.45) is 4.99 Å². The van der Waals surface area contributed by atoms with Crippen molar-refractivity contribution in [2.75, 3.05) is 0 Å². The summed E-state index contributed by atoms with van der Waals surface area (Å²) in [6.45, 7) is 0. The quantitative estimate of drug-likeness (QED) is 0.532. The van der Waals surface area contributed by atoms with Gasteiger partial charge in [-0.2, -0.15) is 0 Å². The second-order valence-electron chi connectivity index (χ2n) is 6.72. The van der Waals surface area contributed by atoms with Gasteiger partial charge in [-0.3, -0.25) is 4.98 Å². The monoisotopic (exact) mass is 367 g/mol. The summed E-state index contributed by atoms with van der Waals surface area (Å²) < 4.78 is 16.8. The number of halogens is 1. The van der Waals surface area contributed by atoms with E-state index < -0.39 is 0 Å². The molecule has 2 aromatic heterocycles. The van der Waals surface area contributed by atoms with Gasteiger partial charge in [-0.25, -0.2) is 9.38 Å². The topological polar surface area (TPSA) is 30.2 Å². The van der Waals surface area contributed by atoms with Crippen molar-refractivity contribution in [3.05, 3.63) is 64.8 Å². The molecule has 1 aromatic carbocycles. The molecule has 1 fully saturated rings. The lowest BCUT2D eigenvalue weighted by Gasteiger charge is -2.20. The van der Waals surface area contributed by atoms with Crippen LogP contribution in [0, 0.1) is 5.82 Å². The van der Waals surface area contributed by atoms with E-state index in [1.807, 2.05) is 29.6 Å². The molecule has 0 unspecified atom stereocenters. The number of aromatic nitrogens is 2. The van der Waals surface area contributed by atoms with Gasteiger partial charge in [-0.1, -0.05) is 37.8 Å². The zero-order valence-corrected chi connectivity index (χ0v) is 15.5. The maximum atomic E-state index is 14.5. The Balaban J connectivity index is 1.87. The highest BCUT2D eigenvalue weighted by Gasteiger charge is 2.20. The highest BCUT2D eigenvalue weighted by atomic mass is 32.1. The molecule has 0 atom stereocenters. The van der Waals surface area contributed by atoms with E-state index >= 15 is 0 Å². The van der Waals surface area contributed by atoms with Crippen molar-refractivity contribution in [3.63, 3.8) is 0 Å². The van der Waals surface area contributed by atoms with Crippen LogP contribution in [0.2, 0.25) is 0 Å². The lowest BCUT2D eigenvalue weighted by atomic mass is 10.1. The second kappa shape index (κ2) is 7.96.